The molecule has 15 heavy (non-hydrogen) atoms. The molecule has 2 heterocycles. The van der Waals surface area contributed by atoms with Crippen molar-refractivity contribution in [1.29, 1.82) is 0 Å². The average Bonchev–Trinajstić information content (AvgIpc) is 2.58. The molecule has 0 radical (unpaired) electrons. The molecule has 78 valence electrons. The lowest BCUT2D eigenvalue weighted by atomic mass is 10.4. The van der Waals surface area contributed by atoms with E-state index in [0.717, 1.165) is 25.4 Å². The Morgan fingerprint density at radius 3 is 2.67 bits per heavy atom. The molecule has 0 saturated heterocycles. The van der Waals surface area contributed by atoms with Crippen molar-refractivity contribution in [3.63, 3.8) is 0 Å². The summed E-state index contributed by atoms with van der Waals surface area (Å²) in [6.45, 7) is 3.86. The van der Waals surface area contributed by atoms with Crippen LogP contribution in [0.15, 0.2) is 26.0 Å². The van der Waals surface area contributed by atoms with Crippen LogP contribution < -0.4 is 0 Å². The van der Waals surface area contributed by atoms with E-state index in [9.17, 15) is 0 Å². The van der Waals surface area contributed by atoms with Crippen LogP contribution in [0.2, 0.25) is 0 Å². The van der Waals surface area contributed by atoms with Crippen LogP contribution in [-0.2, 0) is 0 Å². The fraction of sp³-hybridized carbons (Fsp3) is 0.222. The van der Waals surface area contributed by atoms with Crippen LogP contribution in [0.25, 0.3) is 0 Å². The van der Waals surface area contributed by atoms with E-state index >= 15 is 0 Å². The van der Waals surface area contributed by atoms with Crippen molar-refractivity contribution in [2.45, 2.75) is 23.2 Å². The summed E-state index contributed by atoms with van der Waals surface area (Å²) in [4.78, 5) is 8.71. The zero-order valence-corrected chi connectivity index (χ0v) is 11.4. The van der Waals surface area contributed by atoms with Gasteiger partial charge in [-0.3, -0.25) is 0 Å². The molecule has 0 aliphatic heterocycles. The highest BCUT2D eigenvalue weighted by atomic mass is 79.9. The third kappa shape index (κ3) is 2.76. The van der Waals surface area contributed by atoms with Crippen molar-refractivity contribution in [2.24, 2.45) is 0 Å². The molecule has 0 unspecified atom stereocenters. The van der Waals surface area contributed by atoms with Gasteiger partial charge in [0.15, 0.2) is 4.34 Å². The summed E-state index contributed by atoms with van der Waals surface area (Å²) in [5.41, 5.74) is 0.987. The lowest BCUT2D eigenvalue weighted by Crippen LogP contribution is -1.85. The number of aromatic nitrogens is 3. The lowest BCUT2D eigenvalue weighted by Gasteiger charge is -1.99. The Labute approximate surface area is 105 Å². The summed E-state index contributed by atoms with van der Waals surface area (Å²) in [6, 6.07) is 3.97. The first-order valence-corrected chi connectivity index (χ1v) is 6.65. The Kier molecular flexibility index (Phi) is 3.38. The predicted octanol–water partition coefficient (Wildman–Crippen LogP) is 3.46. The second kappa shape index (κ2) is 4.59. The molecule has 0 N–H and O–H groups in total. The van der Waals surface area contributed by atoms with Gasteiger partial charge in [-0.1, -0.05) is 0 Å². The highest BCUT2D eigenvalue weighted by Crippen LogP contribution is 2.28. The SMILES string of the molecule is Cc1nsc(Sc2ccc(Br)c(C)n2)n1. The second-order valence-electron chi connectivity index (χ2n) is 2.93. The van der Waals surface area contributed by atoms with E-state index in [-0.39, 0.29) is 0 Å². The van der Waals surface area contributed by atoms with E-state index in [2.05, 4.69) is 30.3 Å². The van der Waals surface area contributed by atoms with Gasteiger partial charge in [-0.2, -0.15) is 4.37 Å². The van der Waals surface area contributed by atoms with Gasteiger partial charge < -0.3 is 0 Å². The van der Waals surface area contributed by atoms with E-state index in [4.69, 9.17) is 0 Å². The first-order valence-electron chi connectivity index (χ1n) is 4.26. The van der Waals surface area contributed by atoms with E-state index in [1.807, 2.05) is 26.0 Å². The minimum atomic E-state index is 0.816. The van der Waals surface area contributed by atoms with Gasteiger partial charge in [-0.25, -0.2) is 9.97 Å². The number of aryl methyl sites for hydroxylation is 2. The van der Waals surface area contributed by atoms with E-state index in [1.54, 1.807) is 11.8 Å². The molecule has 0 fully saturated rings. The summed E-state index contributed by atoms with van der Waals surface area (Å²) in [6.07, 6.45) is 0. The molecule has 0 atom stereocenters. The Morgan fingerprint density at radius 2 is 2.07 bits per heavy atom. The number of nitrogens with zero attached hydrogens (tertiary/aromatic N) is 3. The normalized spacial score (nSPS) is 10.6. The zero-order chi connectivity index (χ0) is 10.8. The van der Waals surface area contributed by atoms with Gasteiger partial charge in [0.2, 0.25) is 0 Å². The van der Waals surface area contributed by atoms with Crippen molar-refractivity contribution in [1.82, 2.24) is 14.3 Å². The molecule has 2 aromatic rings. The third-order valence-electron chi connectivity index (χ3n) is 1.70. The predicted molar refractivity (Wildman–Crippen MR) is 65.4 cm³/mol. The number of pyridine rings is 1. The van der Waals surface area contributed by atoms with E-state index < -0.39 is 0 Å². The number of rotatable bonds is 2. The van der Waals surface area contributed by atoms with Gasteiger partial charge in [0, 0.05) is 4.47 Å². The highest BCUT2D eigenvalue weighted by molar-refractivity contribution is 9.10. The standard InChI is InChI=1S/C9H8BrN3S2/c1-5-7(10)3-4-8(11-5)14-9-12-6(2)13-15-9/h3-4H,1-2H3. The van der Waals surface area contributed by atoms with Crippen molar-refractivity contribution in [3.8, 4) is 0 Å². The molecule has 0 aromatic carbocycles. The first-order chi connectivity index (χ1) is 7.15. The van der Waals surface area contributed by atoms with E-state index in [0.29, 0.717) is 0 Å². The molecule has 0 aliphatic carbocycles. The molecular formula is C9H8BrN3S2. The van der Waals surface area contributed by atoms with Gasteiger partial charge in [0.1, 0.15) is 10.9 Å². The molecular weight excluding hydrogens is 294 g/mol. The van der Waals surface area contributed by atoms with Crippen molar-refractivity contribution in [2.75, 3.05) is 0 Å². The first kappa shape index (κ1) is 11.0. The van der Waals surface area contributed by atoms with Crippen LogP contribution in [0, 0.1) is 13.8 Å². The molecule has 0 bridgehead atoms. The maximum Gasteiger partial charge on any atom is 0.176 e. The summed E-state index contributed by atoms with van der Waals surface area (Å²) in [5, 5.41) is 0.951. The fourth-order valence-electron chi connectivity index (χ4n) is 0.987. The van der Waals surface area contributed by atoms with Gasteiger partial charge in [-0.15, -0.1) is 0 Å². The Bertz CT molecular complexity index is 484. The average molecular weight is 302 g/mol. The summed E-state index contributed by atoms with van der Waals surface area (Å²) in [5.74, 6) is 0.816. The Balaban J connectivity index is 2.21. The third-order valence-corrected chi connectivity index (χ3v) is 4.31. The maximum atomic E-state index is 4.43. The molecule has 2 aromatic heterocycles. The quantitative estimate of drug-likeness (QED) is 0.851. The van der Waals surface area contributed by atoms with Crippen LogP contribution in [0.1, 0.15) is 11.5 Å². The molecule has 0 spiro atoms. The second-order valence-corrected chi connectivity index (χ2v) is 5.80. The molecule has 2 rings (SSSR count). The number of hydrogen-bond donors (Lipinski definition) is 0. The van der Waals surface area contributed by atoms with Gasteiger partial charge in [0.05, 0.1) is 5.69 Å². The fourth-order valence-corrected chi connectivity index (χ4v) is 2.82. The topological polar surface area (TPSA) is 38.7 Å². The molecule has 0 aliphatic rings. The lowest BCUT2D eigenvalue weighted by molar-refractivity contribution is 1.04. The smallest absolute Gasteiger partial charge is 0.176 e. The minimum Gasteiger partial charge on any atom is -0.245 e. The Hall–Kier alpha value is -0.460. The van der Waals surface area contributed by atoms with Crippen LogP contribution in [0.3, 0.4) is 0 Å². The number of halogens is 1. The van der Waals surface area contributed by atoms with Crippen LogP contribution in [0.4, 0.5) is 0 Å². The van der Waals surface area contributed by atoms with E-state index in [1.165, 1.54) is 11.5 Å². The zero-order valence-electron chi connectivity index (χ0n) is 8.19. The minimum absolute atomic E-state index is 0.816. The molecule has 0 saturated carbocycles. The van der Waals surface area contributed by atoms with Crippen LogP contribution in [-0.4, -0.2) is 14.3 Å². The van der Waals surface area contributed by atoms with Crippen LogP contribution >= 0.6 is 39.2 Å². The monoisotopic (exact) mass is 301 g/mol. The van der Waals surface area contributed by atoms with Crippen LogP contribution in [0.5, 0.6) is 0 Å². The van der Waals surface area contributed by atoms with Gasteiger partial charge >= 0.3 is 0 Å². The maximum absolute atomic E-state index is 4.43. The summed E-state index contributed by atoms with van der Waals surface area (Å²) in [7, 11) is 0. The largest absolute Gasteiger partial charge is 0.245 e. The van der Waals surface area contributed by atoms with Gasteiger partial charge in [0.25, 0.3) is 0 Å². The molecule has 3 nitrogen and oxygen atoms in total. The molecule has 6 heteroatoms. The Morgan fingerprint density at radius 1 is 1.27 bits per heavy atom. The highest BCUT2D eigenvalue weighted by Gasteiger charge is 2.05. The van der Waals surface area contributed by atoms with Crippen molar-refractivity contribution < 1.29 is 0 Å². The van der Waals surface area contributed by atoms with Gasteiger partial charge in [-0.05, 0) is 65.2 Å². The number of hydrogen-bond acceptors (Lipinski definition) is 5. The van der Waals surface area contributed by atoms with Crippen molar-refractivity contribution in [3.05, 3.63) is 28.1 Å². The summed E-state index contributed by atoms with van der Waals surface area (Å²) >= 11 is 6.37. The molecule has 0 amide bonds. The summed E-state index contributed by atoms with van der Waals surface area (Å²) < 4.78 is 6.09. The van der Waals surface area contributed by atoms with Crippen molar-refractivity contribution >= 4 is 39.2 Å².